The van der Waals surface area contributed by atoms with Crippen LogP contribution in [0.25, 0.3) is 0 Å². The van der Waals surface area contributed by atoms with E-state index in [9.17, 15) is 0 Å². The van der Waals surface area contributed by atoms with E-state index < -0.39 is 0 Å². The quantitative estimate of drug-likeness (QED) is 0.650. The first-order valence-corrected chi connectivity index (χ1v) is 5.64. The molecule has 0 nitrogen and oxygen atoms in total. The summed E-state index contributed by atoms with van der Waals surface area (Å²) in [6.45, 7) is 0. The molecule has 0 radical (unpaired) electrons. The van der Waals surface area contributed by atoms with Crippen molar-refractivity contribution in [2.75, 3.05) is 0 Å². The van der Waals surface area contributed by atoms with Crippen LogP contribution in [-0.4, -0.2) is 0 Å². The minimum absolute atomic E-state index is 0.365. The van der Waals surface area contributed by atoms with E-state index in [1.807, 2.05) is 18.2 Å². The highest BCUT2D eigenvalue weighted by Crippen LogP contribution is 2.36. The van der Waals surface area contributed by atoms with Gasteiger partial charge >= 0.3 is 0 Å². The SMILES string of the molecule is ClC1=CCCCC1c1cccc(Cl)c1. The highest BCUT2D eigenvalue weighted by molar-refractivity contribution is 6.31. The molecule has 0 aliphatic heterocycles. The zero-order valence-corrected chi connectivity index (χ0v) is 9.35. The van der Waals surface area contributed by atoms with E-state index in [-0.39, 0.29) is 0 Å². The van der Waals surface area contributed by atoms with Gasteiger partial charge in [-0.05, 0) is 37.0 Å². The number of hydrogen-bond donors (Lipinski definition) is 0. The zero-order chi connectivity index (χ0) is 9.97. The molecule has 0 saturated heterocycles. The second kappa shape index (κ2) is 4.37. The highest BCUT2D eigenvalue weighted by atomic mass is 35.5. The molecule has 0 spiro atoms. The predicted octanol–water partition coefficient (Wildman–Crippen LogP) is 4.73. The van der Waals surface area contributed by atoms with Crippen molar-refractivity contribution < 1.29 is 0 Å². The summed E-state index contributed by atoms with van der Waals surface area (Å²) in [4.78, 5) is 0. The van der Waals surface area contributed by atoms with Crippen LogP contribution in [0.2, 0.25) is 5.02 Å². The largest absolute Gasteiger partial charge is 0.0888 e. The number of hydrogen-bond acceptors (Lipinski definition) is 0. The van der Waals surface area contributed by atoms with Crippen LogP contribution in [-0.2, 0) is 0 Å². The van der Waals surface area contributed by atoms with Crippen LogP contribution in [0.3, 0.4) is 0 Å². The summed E-state index contributed by atoms with van der Waals surface area (Å²) >= 11 is 12.1. The number of benzene rings is 1. The Morgan fingerprint density at radius 1 is 1.21 bits per heavy atom. The van der Waals surface area contributed by atoms with E-state index in [0.717, 1.165) is 22.9 Å². The number of rotatable bonds is 1. The number of allylic oxidation sites excluding steroid dienone is 2. The third-order valence-corrected chi connectivity index (χ3v) is 3.27. The van der Waals surface area contributed by atoms with E-state index in [2.05, 4.69) is 12.1 Å². The zero-order valence-electron chi connectivity index (χ0n) is 7.84. The maximum absolute atomic E-state index is 6.19. The third kappa shape index (κ3) is 2.13. The fraction of sp³-hybridized carbons (Fsp3) is 0.333. The van der Waals surface area contributed by atoms with Crippen LogP contribution >= 0.6 is 23.2 Å². The van der Waals surface area contributed by atoms with Crippen LogP contribution in [0, 0.1) is 0 Å². The van der Waals surface area contributed by atoms with Gasteiger partial charge in [-0.3, -0.25) is 0 Å². The van der Waals surface area contributed by atoms with Crippen molar-refractivity contribution in [3.8, 4) is 0 Å². The molecular weight excluding hydrogens is 215 g/mol. The molecule has 0 aromatic heterocycles. The molecule has 1 aromatic rings. The third-order valence-electron chi connectivity index (χ3n) is 2.62. The van der Waals surface area contributed by atoms with Gasteiger partial charge in [-0.25, -0.2) is 0 Å². The molecule has 2 heteroatoms. The van der Waals surface area contributed by atoms with Gasteiger partial charge in [0.25, 0.3) is 0 Å². The predicted molar refractivity (Wildman–Crippen MR) is 62.0 cm³/mol. The van der Waals surface area contributed by atoms with Crippen molar-refractivity contribution in [2.45, 2.75) is 25.2 Å². The summed E-state index contributed by atoms with van der Waals surface area (Å²) in [6, 6.07) is 7.98. The first-order valence-electron chi connectivity index (χ1n) is 4.88. The fourth-order valence-corrected chi connectivity index (χ4v) is 2.43. The maximum Gasteiger partial charge on any atom is 0.0408 e. The van der Waals surface area contributed by atoms with Crippen LogP contribution in [0.1, 0.15) is 30.7 Å². The van der Waals surface area contributed by atoms with Gasteiger partial charge in [0.15, 0.2) is 0 Å². The lowest BCUT2D eigenvalue weighted by atomic mass is 9.89. The van der Waals surface area contributed by atoms with E-state index in [0.29, 0.717) is 5.92 Å². The summed E-state index contributed by atoms with van der Waals surface area (Å²) in [5.41, 5.74) is 1.23. The van der Waals surface area contributed by atoms with Gasteiger partial charge in [0.1, 0.15) is 0 Å². The summed E-state index contributed by atoms with van der Waals surface area (Å²) in [6.07, 6.45) is 5.58. The molecule has 1 aliphatic carbocycles. The topological polar surface area (TPSA) is 0 Å². The molecule has 1 atom stereocenters. The Bertz CT molecular complexity index is 355. The highest BCUT2D eigenvalue weighted by Gasteiger charge is 2.17. The van der Waals surface area contributed by atoms with Crippen molar-refractivity contribution >= 4 is 23.2 Å². The van der Waals surface area contributed by atoms with Crippen LogP contribution in [0.5, 0.6) is 0 Å². The van der Waals surface area contributed by atoms with Gasteiger partial charge in [0.2, 0.25) is 0 Å². The Labute approximate surface area is 94.5 Å². The molecule has 74 valence electrons. The van der Waals surface area contributed by atoms with Crippen LogP contribution in [0.15, 0.2) is 35.4 Å². The first-order chi connectivity index (χ1) is 6.77. The average Bonchev–Trinajstić information content (AvgIpc) is 2.18. The molecule has 0 fully saturated rings. The molecular formula is C12H12Cl2. The maximum atomic E-state index is 6.19. The summed E-state index contributed by atoms with van der Waals surface area (Å²) < 4.78 is 0. The standard InChI is InChI=1S/C12H12Cl2/c13-10-5-3-4-9(8-10)11-6-1-2-7-12(11)14/h3-5,7-8,11H,1-2,6H2. The Morgan fingerprint density at radius 3 is 2.79 bits per heavy atom. The average molecular weight is 227 g/mol. The van der Waals surface area contributed by atoms with Gasteiger partial charge in [-0.1, -0.05) is 41.4 Å². The van der Waals surface area contributed by atoms with E-state index in [1.54, 1.807) is 0 Å². The van der Waals surface area contributed by atoms with Crippen molar-refractivity contribution in [3.05, 3.63) is 46.0 Å². The Hall–Kier alpha value is -0.460. The molecule has 0 bridgehead atoms. The van der Waals surface area contributed by atoms with Crippen molar-refractivity contribution in [1.82, 2.24) is 0 Å². The lowest BCUT2D eigenvalue weighted by Crippen LogP contribution is -2.03. The minimum Gasteiger partial charge on any atom is -0.0888 e. The Morgan fingerprint density at radius 2 is 2.07 bits per heavy atom. The van der Waals surface area contributed by atoms with E-state index in [4.69, 9.17) is 23.2 Å². The van der Waals surface area contributed by atoms with Crippen molar-refractivity contribution in [1.29, 1.82) is 0 Å². The summed E-state index contributed by atoms with van der Waals surface area (Å²) in [5.74, 6) is 0.365. The lowest BCUT2D eigenvalue weighted by Gasteiger charge is -2.20. The van der Waals surface area contributed by atoms with Crippen LogP contribution in [0.4, 0.5) is 0 Å². The van der Waals surface area contributed by atoms with Crippen molar-refractivity contribution in [2.24, 2.45) is 0 Å². The first kappa shape index (κ1) is 10.1. The van der Waals surface area contributed by atoms with Crippen LogP contribution < -0.4 is 0 Å². The van der Waals surface area contributed by atoms with E-state index in [1.165, 1.54) is 12.0 Å². The molecule has 1 unspecified atom stereocenters. The van der Waals surface area contributed by atoms with Gasteiger partial charge in [-0.15, -0.1) is 0 Å². The fourth-order valence-electron chi connectivity index (χ4n) is 1.89. The lowest BCUT2D eigenvalue weighted by molar-refractivity contribution is 0.645. The van der Waals surface area contributed by atoms with Gasteiger partial charge in [0, 0.05) is 16.0 Å². The molecule has 1 aliphatic rings. The molecule has 14 heavy (non-hydrogen) atoms. The van der Waals surface area contributed by atoms with E-state index >= 15 is 0 Å². The molecule has 0 heterocycles. The molecule has 2 rings (SSSR count). The second-order valence-electron chi connectivity index (χ2n) is 3.63. The smallest absolute Gasteiger partial charge is 0.0408 e. The number of halogens is 2. The molecule has 0 N–H and O–H groups in total. The summed E-state index contributed by atoms with van der Waals surface area (Å²) in [7, 11) is 0. The monoisotopic (exact) mass is 226 g/mol. The van der Waals surface area contributed by atoms with Gasteiger partial charge in [-0.2, -0.15) is 0 Å². The molecule has 0 saturated carbocycles. The van der Waals surface area contributed by atoms with Gasteiger partial charge in [0.05, 0.1) is 0 Å². The Balaban J connectivity index is 2.30. The van der Waals surface area contributed by atoms with Crippen molar-refractivity contribution in [3.63, 3.8) is 0 Å². The normalized spacial score (nSPS) is 21.9. The summed E-state index contributed by atoms with van der Waals surface area (Å²) in [5, 5.41) is 1.76. The van der Waals surface area contributed by atoms with Gasteiger partial charge < -0.3 is 0 Å². The second-order valence-corrected chi connectivity index (χ2v) is 4.50. The minimum atomic E-state index is 0.365. The molecule has 0 amide bonds. The molecule has 1 aromatic carbocycles. The Kier molecular flexibility index (Phi) is 3.15.